The van der Waals surface area contributed by atoms with Crippen molar-refractivity contribution in [2.45, 2.75) is 38.8 Å². The smallest absolute Gasteiger partial charge is 0.251 e. The molecule has 1 atom stereocenters. The van der Waals surface area contributed by atoms with E-state index in [2.05, 4.69) is 5.32 Å². The van der Waals surface area contributed by atoms with E-state index in [1.807, 2.05) is 32.0 Å². The van der Waals surface area contributed by atoms with Gasteiger partial charge in [0.15, 0.2) is 0 Å². The van der Waals surface area contributed by atoms with Crippen molar-refractivity contribution in [3.63, 3.8) is 0 Å². The van der Waals surface area contributed by atoms with Crippen LogP contribution in [0.2, 0.25) is 0 Å². The number of nitrogens with one attached hydrogen (secondary N) is 1. The highest BCUT2D eigenvalue weighted by molar-refractivity contribution is 7.92. The van der Waals surface area contributed by atoms with E-state index in [0.29, 0.717) is 29.2 Å². The van der Waals surface area contributed by atoms with Crippen LogP contribution in [-0.4, -0.2) is 39.8 Å². The normalized spacial score (nSPS) is 17.4. The fourth-order valence-corrected chi connectivity index (χ4v) is 4.34. The summed E-state index contributed by atoms with van der Waals surface area (Å²) in [5.74, 6) is 1.16. The summed E-state index contributed by atoms with van der Waals surface area (Å²) in [7, 11) is -0.248. The van der Waals surface area contributed by atoms with Crippen molar-refractivity contribution in [3.05, 3.63) is 53.6 Å². The molecule has 0 fully saturated rings. The number of carbonyl (C=O) groups excluding carboxylic acids is 1. The lowest BCUT2D eigenvalue weighted by molar-refractivity contribution is 0.0617. The molecule has 0 unspecified atom stereocenters. The topological polar surface area (TPSA) is 84.9 Å². The van der Waals surface area contributed by atoms with Gasteiger partial charge in [0.1, 0.15) is 17.1 Å². The molecule has 0 spiro atoms. The second-order valence-corrected chi connectivity index (χ2v) is 10.2. The highest BCUT2D eigenvalue weighted by atomic mass is 32.2. The SMILES string of the molecule is CCS(=O)(=O)N(C)c1ccc(C(=O)N[C@H]2CC(C)(C)Oc3cc(OC)ccc32)cc1. The van der Waals surface area contributed by atoms with E-state index in [9.17, 15) is 13.2 Å². The molecule has 1 amide bonds. The third-order valence-corrected chi connectivity index (χ3v) is 7.03. The van der Waals surface area contributed by atoms with Gasteiger partial charge in [-0.15, -0.1) is 0 Å². The number of carbonyl (C=O) groups is 1. The van der Waals surface area contributed by atoms with Gasteiger partial charge >= 0.3 is 0 Å². The largest absolute Gasteiger partial charge is 0.497 e. The van der Waals surface area contributed by atoms with Crippen molar-refractivity contribution in [2.75, 3.05) is 24.2 Å². The fraction of sp³-hybridized carbons (Fsp3) is 0.409. The van der Waals surface area contributed by atoms with Crippen LogP contribution in [0.4, 0.5) is 5.69 Å². The van der Waals surface area contributed by atoms with Crippen molar-refractivity contribution in [2.24, 2.45) is 0 Å². The van der Waals surface area contributed by atoms with Crippen LogP contribution in [0.15, 0.2) is 42.5 Å². The number of amides is 1. The van der Waals surface area contributed by atoms with Crippen LogP contribution in [0.25, 0.3) is 0 Å². The van der Waals surface area contributed by atoms with Gasteiger partial charge in [-0.3, -0.25) is 9.10 Å². The number of sulfonamides is 1. The number of rotatable bonds is 6. The Labute approximate surface area is 178 Å². The zero-order chi connectivity index (χ0) is 22.1. The summed E-state index contributed by atoms with van der Waals surface area (Å²) in [6.07, 6.45) is 0.619. The van der Waals surface area contributed by atoms with E-state index in [4.69, 9.17) is 9.47 Å². The average Bonchev–Trinajstić information content (AvgIpc) is 2.71. The summed E-state index contributed by atoms with van der Waals surface area (Å²) in [6, 6.07) is 11.9. The number of fused-ring (bicyclic) bond motifs is 1. The van der Waals surface area contributed by atoms with Gasteiger partial charge in [-0.05, 0) is 57.2 Å². The first kappa shape index (κ1) is 22.0. The number of nitrogens with zero attached hydrogens (tertiary/aromatic N) is 1. The molecule has 1 aliphatic heterocycles. The highest BCUT2D eigenvalue weighted by Gasteiger charge is 2.35. The molecule has 0 saturated heterocycles. The maximum Gasteiger partial charge on any atom is 0.251 e. The lowest BCUT2D eigenvalue weighted by Crippen LogP contribution is -2.41. The van der Waals surface area contributed by atoms with Crippen molar-refractivity contribution in [3.8, 4) is 11.5 Å². The van der Waals surface area contributed by atoms with Crippen LogP contribution >= 0.6 is 0 Å². The summed E-state index contributed by atoms with van der Waals surface area (Å²) in [5.41, 5.74) is 1.42. The van der Waals surface area contributed by atoms with Crippen LogP contribution in [0.1, 0.15) is 49.2 Å². The predicted molar refractivity (Wildman–Crippen MR) is 117 cm³/mol. The number of ether oxygens (including phenoxy) is 2. The Morgan fingerprint density at radius 3 is 2.50 bits per heavy atom. The van der Waals surface area contributed by atoms with Gasteiger partial charge in [0.05, 0.1) is 24.6 Å². The van der Waals surface area contributed by atoms with E-state index in [1.165, 1.54) is 11.4 Å². The van der Waals surface area contributed by atoms with E-state index in [-0.39, 0.29) is 17.7 Å². The Hall–Kier alpha value is -2.74. The Kier molecular flexibility index (Phi) is 5.99. The van der Waals surface area contributed by atoms with Gasteiger partial charge in [0.25, 0.3) is 5.91 Å². The van der Waals surface area contributed by atoms with Crippen LogP contribution in [0, 0.1) is 0 Å². The lowest BCUT2D eigenvalue weighted by Gasteiger charge is -2.38. The highest BCUT2D eigenvalue weighted by Crippen LogP contribution is 2.41. The van der Waals surface area contributed by atoms with E-state index in [0.717, 1.165) is 5.56 Å². The monoisotopic (exact) mass is 432 g/mol. The van der Waals surface area contributed by atoms with Crippen LogP contribution < -0.4 is 19.1 Å². The zero-order valence-corrected chi connectivity index (χ0v) is 18.7. The van der Waals surface area contributed by atoms with Crippen molar-refractivity contribution < 1.29 is 22.7 Å². The summed E-state index contributed by atoms with van der Waals surface area (Å²) in [5, 5.41) is 3.08. The molecule has 0 aromatic heterocycles. The standard InChI is InChI=1S/C22H28N2O5S/c1-6-30(26,27)24(4)16-9-7-15(8-10-16)21(25)23-19-14-22(2,3)29-20-13-17(28-5)11-12-18(19)20/h7-13,19H,6,14H2,1-5H3,(H,23,25)/t19-/m0/s1. The van der Waals surface area contributed by atoms with Crippen LogP contribution in [0.3, 0.4) is 0 Å². The molecule has 0 saturated carbocycles. The van der Waals surface area contributed by atoms with E-state index in [1.54, 1.807) is 38.3 Å². The molecule has 2 aromatic carbocycles. The molecule has 0 radical (unpaired) electrons. The molecule has 0 aliphatic carbocycles. The first-order chi connectivity index (χ1) is 14.1. The first-order valence-electron chi connectivity index (χ1n) is 9.81. The van der Waals surface area contributed by atoms with Gasteiger partial charge in [-0.25, -0.2) is 8.42 Å². The number of methoxy groups -OCH3 is 1. The quantitative estimate of drug-likeness (QED) is 0.755. The second kappa shape index (κ2) is 8.18. The molecule has 2 aromatic rings. The van der Waals surface area contributed by atoms with Gasteiger partial charge in [-0.1, -0.05) is 0 Å². The van der Waals surface area contributed by atoms with E-state index >= 15 is 0 Å². The Morgan fingerprint density at radius 1 is 1.23 bits per heavy atom. The van der Waals surface area contributed by atoms with E-state index < -0.39 is 15.6 Å². The number of hydrogen-bond donors (Lipinski definition) is 1. The maximum atomic E-state index is 12.9. The number of hydrogen-bond acceptors (Lipinski definition) is 5. The Morgan fingerprint density at radius 2 is 1.90 bits per heavy atom. The molecule has 0 bridgehead atoms. The summed E-state index contributed by atoms with van der Waals surface area (Å²) < 4.78 is 36.6. The summed E-state index contributed by atoms with van der Waals surface area (Å²) >= 11 is 0. The van der Waals surface area contributed by atoms with Gasteiger partial charge < -0.3 is 14.8 Å². The zero-order valence-electron chi connectivity index (χ0n) is 17.9. The van der Waals surface area contributed by atoms with Gasteiger partial charge in [0, 0.05) is 30.7 Å². The van der Waals surface area contributed by atoms with Gasteiger partial charge in [-0.2, -0.15) is 0 Å². The molecule has 8 heteroatoms. The van der Waals surface area contributed by atoms with Crippen LogP contribution in [0.5, 0.6) is 11.5 Å². The molecule has 7 nitrogen and oxygen atoms in total. The minimum atomic E-state index is -3.35. The third kappa shape index (κ3) is 4.53. The molecule has 30 heavy (non-hydrogen) atoms. The molecular formula is C22H28N2O5S. The number of benzene rings is 2. The Bertz CT molecular complexity index is 1030. The molecular weight excluding hydrogens is 404 g/mol. The second-order valence-electron chi connectivity index (χ2n) is 7.91. The third-order valence-electron chi connectivity index (χ3n) is 5.26. The molecule has 3 rings (SSSR count). The van der Waals surface area contributed by atoms with Crippen molar-refractivity contribution in [1.82, 2.24) is 5.32 Å². The summed E-state index contributed by atoms with van der Waals surface area (Å²) in [4.78, 5) is 12.9. The summed E-state index contributed by atoms with van der Waals surface area (Å²) in [6.45, 7) is 5.55. The maximum absolute atomic E-state index is 12.9. The molecule has 1 heterocycles. The van der Waals surface area contributed by atoms with Crippen molar-refractivity contribution >= 4 is 21.6 Å². The molecule has 1 aliphatic rings. The fourth-order valence-electron chi connectivity index (χ4n) is 3.51. The van der Waals surface area contributed by atoms with Crippen molar-refractivity contribution in [1.29, 1.82) is 0 Å². The Balaban J connectivity index is 1.81. The van der Waals surface area contributed by atoms with Gasteiger partial charge in [0.2, 0.25) is 10.0 Å². The average molecular weight is 433 g/mol. The minimum Gasteiger partial charge on any atom is -0.497 e. The molecule has 1 N–H and O–H groups in total. The van der Waals surface area contributed by atoms with Crippen LogP contribution in [-0.2, 0) is 10.0 Å². The first-order valence-corrected chi connectivity index (χ1v) is 11.4. The molecule has 162 valence electrons. The predicted octanol–water partition coefficient (Wildman–Crippen LogP) is 3.51. The number of anilines is 1. The minimum absolute atomic E-state index is 0.00939. The lowest BCUT2D eigenvalue weighted by atomic mass is 9.89.